The second-order valence-electron chi connectivity index (χ2n) is 4.37. The SMILES string of the molecule is CCOC(CNC(=O)c1n[nH]c(C2CC2)n1)OCC. The number of nitrogens with one attached hydrogen (secondary N) is 2. The van der Waals surface area contributed by atoms with Gasteiger partial charge in [-0.1, -0.05) is 0 Å². The zero-order valence-electron chi connectivity index (χ0n) is 11.3. The Morgan fingerprint density at radius 2 is 2.11 bits per heavy atom. The molecule has 1 aliphatic rings. The number of nitrogens with zero attached hydrogens (tertiary/aromatic N) is 2. The van der Waals surface area contributed by atoms with Crippen LogP contribution in [-0.4, -0.2) is 47.1 Å². The summed E-state index contributed by atoms with van der Waals surface area (Å²) in [7, 11) is 0. The van der Waals surface area contributed by atoms with Crippen molar-refractivity contribution in [2.45, 2.75) is 38.9 Å². The lowest BCUT2D eigenvalue weighted by atomic mass is 10.4. The minimum atomic E-state index is -0.430. The molecule has 7 nitrogen and oxygen atoms in total. The average Bonchev–Trinajstić information content (AvgIpc) is 3.14. The molecule has 1 aromatic heterocycles. The number of carbonyl (C=O) groups excluding carboxylic acids is 1. The predicted molar refractivity (Wildman–Crippen MR) is 67.7 cm³/mol. The van der Waals surface area contributed by atoms with E-state index in [1.54, 1.807) is 0 Å². The fraction of sp³-hybridized carbons (Fsp3) is 0.750. The Bertz CT molecular complexity index is 411. The van der Waals surface area contributed by atoms with Crippen LogP contribution in [0.2, 0.25) is 0 Å². The van der Waals surface area contributed by atoms with Crippen LogP contribution in [0.15, 0.2) is 0 Å². The highest BCUT2D eigenvalue weighted by atomic mass is 16.7. The number of amides is 1. The third kappa shape index (κ3) is 4.00. The number of H-pyrrole nitrogens is 1. The summed E-state index contributed by atoms with van der Waals surface area (Å²) in [5, 5.41) is 9.43. The molecule has 1 amide bonds. The van der Waals surface area contributed by atoms with Crippen LogP contribution in [-0.2, 0) is 9.47 Å². The highest BCUT2D eigenvalue weighted by Crippen LogP contribution is 2.37. The van der Waals surface area contributed by atoms with E-state index in [2.05, 4.69) is 20.5 Å². The average molecular weight is 268 g/mol. The van der Waals surface area contributed by atoms with Crippen molar-refractivity contribution in [2.75, 3.05) is 19.8 Å². The van der Waals surface area contributed by atoms with Crippen LogP contribution in [0.4, 0.5) is 0 Å². The van der Waals surface area contributed by atoms with Crippen molar-refractivity contribution in [3.63, 3.8) is 0 Å². The molecule has 1 fully saturated rings. The normalized spacial score (nSPS) is 14.9. The molecule has 1 aromatic rings. The maximum absolute atomic E-state index is 11.8. The number of rotatable bonds is 8. The molecule has 1 saturated carbocycles. The first-order chi connectivity index (χ1) is 9.24. The lowest BCUT2D eigenvalue weighted by Gasteiger charge is -2.16. The van der Waals surface area contributed by atoms with Crippen LogP contribution >= 0.6 is 0 Å². The monoisotopic (exact) mass is 268 g/mol. The maximum atomic E-state index is 11.8. The second-order valence-corrected chi connectivity index (χ2v) is 4.37. The standard InChI is InChI=1S/C12H20N4O3/c1-3-18-9(19-4-2)7-13-12(17)11-14-10(15-16-11)8-5-6-8/h8-9H,3-7H2,1-2H3,(H,13,17)(H,14,15,16). The minimum absolute atomic E-state index is 0.175. The van der Waals surface area contributed by atoms with E-state index in [1.807, 2.05) is 13.8 Å². The molecule has 7 heteroatoms. The molecule has 0 aliphatic heterocycles. The molecular formula is C12H20N4O3. The van der Waals surface area contributed by atoms with Crippen LogP contribution in [0.3, 0.4) is 0 Å². The van der Waals surface area contributed by atoms with Gasteiger partial charge in [-0.3, -0.25) is 9.89 Å². The Morgan fingerprint density at radius 3 is 2.68 bits per heavy atom. The molecular weight excluding hydrogens is 248 g/mol. The molecule has 0 atom stereocenters. The van der Waals surface area contributed by atoms with Gasteiger partial charge in [0.25, 0.3) is 5.91 Å². The maximum Gasteiger partial charge on any atom is 0.291 e. The van der Waals surface area contributed by atoms with Gasteiger partial charge in [0, 0.05) is 19.1 Å². The summed E-state index contributed by atoms with van der Waals surface area (Å²) >= 11 is 0. The number of hydrogen-bond donors (Lipinski definition) is 2. The van der Waals surface area contributed by atoms with E-state index in [1.165, 1.54) is 0 Å². The smallest absolute Gasteiger partial charge is 0.291 e. The van der Waals surface area contributed by atoms with Crippen molar-refractivity contribution in [3.8, 4) is 0 Å². The van der Waals surface area contributed by atoms with Gasteiger partial charge in [-0.05, 0) is 26.7 Å². The molecule has 19 heavy (non-hydrogen) atoms. The van der Waals surface area contributed by atoms with E-state index in [0.717, 1.165) is 18.7 Å². The van der Waals surface area contributed by atoms with Crippen LogP contribution in [0.25, 0.3) is 0 Å². The van der Waals surface area contributed by atoms with Crippen molar-refractivity contribution >= 4 is 5.91 Å². The second kappa shape index (κ2) is 6.63. The molecule has 106 valence electrons. The van der Waals surface area contributed by atoms with Crippen molar-refractivity contribution in [3.05, 3.63) is 11.6 Å². The van der Waals surface area contributed by atoms with Gasteiger partial charge in [0.05, 0.1) is 6.54 Å². The summed E-state index contributed by atoms with van der Waals surface area (Å²) in [5.41, 5.74) is 0. The molecule has 2 N–H and O–H groups in total. The Hall–Kier alpha value is -1.47. The lowest BCUT2D eigenvalue weighted by molar-refractivity contribution is -0.131. The van der Waals surface area contributed by atoms with Gasteiger partial charge in [0.15, 0.2) is 6.29 Å². The largest absolute Gasteiger partial charge is 0.351 e. The molecule has 0 aromatic carbocycles. The number of ether oxygens (including phenoxy) is 2. The summed E-state index contributed by atoms with van der Waals surface area (Å²) in [5.74, 6) is 1.12. The molecule has 0 spiro atoms. The van der Waals surface area contributed by atoms with E-state index in [9.17, 15) is 4.79 Å². The van der Waals surface area contributed by atoms with Crippen LogP contribution in [0.1, 0.15) is 49.1 Å². The van der Waals surface area contributed by atoms with E-state index in [4.69, 9.17) is 9.47 Å². The topological polar surface area (TPSA) is 89.1 Å². The molecule has 0 unspecified atom stereocenters. The summed E-state index contributed by atoms with van der Waals surface area (Å²) in [6.07, 6.45) is 1.81. The molecule has 1 aliphatic carbocycles. The fourth-order valence-corrected chi connectivity index (χ4v) is 1.71. The van der Waals surface area contributed by atoms with E-state index < -0.39 is 6.29 Å². The molecule has 2 rings (SSSR count). The first kappa shape index (κ1) is 14.0. The zero-order chi connectivity index (χ0) is 13.7. The van der Waals surface area contributed by atoms with Gasteiger partial charge in [-0.2, -0.15) is 0 Å². The van der Waals surface area contributed by atoms with Crippen LogP contribution in [0.5, 0.6) is 0 Å². The van der Waals surface area contributed by atoms with Crippen molar-refractivity contribution < 1.29 is 14.3 Å². The Balaban J connectivity index is 1.81. The summed E-state index contributed by atoms with van der Waals surface area (Å²) in [4.78, 5) is 16.0. The van der Waals surface area contributed by atoms with Crippen LogP contribution in [0, 0.1) is 0 Å². The van der Waals surface area contributed by atoms with Gasteiger partial charge in [-0.25, -0.2) is 4.98 Å². The third-order valence-electron chi connectivity index (χ3n) is 2.80. The van der Waals surface area contributed by atoms with Gasteiger partial charge < -0.3 is 14.8 Å². The van der Waals surface area contributed by atoms with Gasteiger partial charge in [0.2, 0.25) is 5.82 Å². The van der Waals surface area contributed by atoms with E-state index in [-0.39, 0.29) is 18.3 Å². The number of aromatic amines is 1. The highest BCUT2D eigenvalue weighted by molar-refractivity contribution is 5.90. The summed E-state index contributed by atoms with van der Waals surface area (Å²) < 4.78 is 10.7. The van der Waals surface area contributed by atoms with Gasteiger partial charge >= 0.3 is 0 Å². The Morgan fingerprint density at radius 1 is 1.42 bits per heavy atom. The van der Waals surface area contributed by atoms with E-state index in [0.29, 0.717) is 19.1 Å². The van der Waals surface area contributed by atoms with E-state index >= 15 is 0 Å². The lowest BCUT2D eigenvalue weighted by Crippen LogP contribution is -2.35. The number of aromatic nitrogens is 3. The molecule has 0 saturated heterocycles. The molecule has 1 heterocycles. The fourth-order valence-electron chi connectivity index (χ4n) is 1.71. The number of hydrogen-bond acceptors (Lipinski definition) is 5. The van der Waals surface area contributed by atoms with Crippen LogP contribution < -0.4 is 5.32 Å². The number of carbonyl (C=O) groups is 1. The molecule has 0 radical (unpaired) electrons. The van der Waals surface area contributed by atoms with Gasteiger partial charge in [0.1, 0.15) is 5.82 Å². The first-order valence-corrected chi connectivity index (χ1v) is 6.68. The Kier molecular flexibility index (Phi) is 4.86. The quantitative estimate of drug-likeness (QED) is 0.681. The van der Waals surface area contributed by atoms with Crippen molar-refractivity contribution in [1.29, 1.82) is 0 Å². The zero-order valence-corrected chi connectivity index (χ0v) is 11.3. The summed E-state index contributed by atoms with van der Waals surface area (Å²) in [6.45, 7) is 5.11. The van der Waals surface area contributed by atoms with Crippen molar-refractivity contribution in [2.24, 2.45) is 0 Å². The predicted octanol–water partition coefficient (Wildman–Crippen LogP) is 0.811. The van der Waals surface area contributed by atoms with Crippen molar-refractivity contribution in [1.82, 2.24) is 20.5 Å². The third-order valence-corrected chi connectivity index (χ3v) is 2.80. The molecule has 0 bridgehead atoms. The highest BCUT2D eigenvalue weighted by Gasteiger charge is 2.28. The Labute approximate surface area is 112 Å². The van der Waals surface area contributed by atoms with Gasteiger partial charge in [-0.15, -0.1) is 5.10 Å². The first-order valence-electron chi connectivity index (χ1n) is 6.68. The summed E-state index contributed by atoms with van der Waals surface area (Å²) in [6, 6.07) is 0. The minimum Gasteiger partial charge on any atom is -0.351 e.